The van der Waals surface area contributed by atoms with E-state index in [1.165, 1.54) is 16.7 Å². The number of hydrogen-bond donors (Lipinski definition) is 0. The summed E-state index contributed by atoms with van der Waals surface area (Å²) in [6.07, 6.45) is 0. The second-order valence-electron chi connectivity index (χ2n) is 12.5. The maximum absolute atomic E-state index is 2.49. The van der Waals surface area contributed by atoms with E-state index in [0.29, 0.717) is 0 Å². The van der Waals surface area contributed by atoms with Crippen LogP contribution in [0.25, 0.3) is 5.57 Å². The van der Waals surface area contributed by atoms with Gasteiger partial charge >= 0.3 is 25.8 Å². The topological polar surface area (TPSA) is 0 Å². The van der Waals surface area contributed by atoms with Gasteiger partial charge in [-0.3, -0.25) is 0 Å². The van der Waals surface area contributed by atoms with Crippen molar-refractivity contribution in [2.75, 3.05) is 0 Å². The molecule has 1 heteroatoms. The van der Waals surface area contributed by atoms with Crippen molar-refractivity contribution in [2.45, 2.75) is 103 Å². The summed E-state index contributed by atoms with van der Waals surface area (Å²) < 4.78 is 0. The molecular formula is C36H64Hf. The summed E-state index contributed by atoms with van der Waals surface area (Å²) in [5.41, 5.74) is 12.6. The molecule has 0 heterocycles. The van der Waals surface area contributed by atoms with Crippen LogP contribution in [0.5, 0.6) is 0 Å². The Bertz CT molecular complexity index is 861. The first-order chi connectivity index (χ1) is 14.7. The second kappa shape index (κ2) is 15.0. The number of allylic oxidation sites excluding steroid dienone is 2. The first-order valence-electron chi connectivity index (χ1n) is 13.5. The Balaban J connectivity index is -0.000000670. The van der Waals surface area contributed by atoms with Crippen molar-refractivity contribution in [2.24, 2.45) is 53.3 Å². The summed E-state index contributed by atoms with van der Waals surface area (Å²) in [4.78, 5) is 0. The molecule has 0 spiro atoms. The van der Waals surface area contributed by atoms with E-state index in [4.69, 9.17) is 0 Å². The van der Waals surface area contributed by atoms with Gasteiger partial charge in [0.2, 0.25) is 0 Å². The monoisotopic (exact) mass is 676 g/mol. The molecule has 0 aliphatic heterocycles. The van der Waals surface area contributed by atoms with Gasteiger partial charge in [-0.2, -0.15) is 0 Å². The van der Waals surface area contributed by atoms with Gasteiger partial charge in [0.1, 0.15) is 0 Å². The summed E-state index contributed by atoms with van der Waals surface area (Å²) >= 11 is 0. The maximum atomic E-state index is 2.49. The number of benzene rings is 1. The molecule has 37 heavy (non-hydrogen) atoms. The van der Waals surface area contributed by atoms with E-state index in [2.05, 4.69) is 96.9 Å². The largest absolute Gasteiger partial charge is 4.00 e. The molecule has 1 aromatic rings. The molecule has 3 aliphatic rings. The molecule has 0 bridgehead atoms. The second-order valence-corrected chi connectivity index (χ2v) is 12.5. The molecule has 212 valence electrons. The van der Waals surface area contributed by atoms with Crippen LogP contribution in [-0.2, 0) is 25.8 Å². The van der Waals surface area contributed by atoms with Gasteiger partial charge in [-0.25, -0.2) is 0 Å². The standard InChI is InChI=1S/C22H32.C10H20.4CH3.Hf/c1-10-11(2)15(6)21-19(13(10)4)17(8)18(9)20-14(5)12(3)16(7)22(20)21;1-6-7(2)9(4)10(5)8(6)3;;;;;/h12,14,16,20,22H,1-9H3;6-10H,1-5H3;4*1H3;/q;;4*-1;+4. The molecule has 5 atom stereocenters. The molecule has 0 N–H and O–H groups in total. The van der Waals surface area contributed by atoms with E-state index in [1.807, 2.05) is 0 Å². The van der Waals surface area contributed by atoms with Gasteiger partial charge in [-0.1, -0.05) is 61.0 Å². The van der Waals surface area contributed by atoms with Crippen LogP contribution in [0.15, 0.2) is 5.57 Å². The van der Waals surface area contributed by atoms with E-state index in [9.17, 15) is 0 Å². The van der Waals surface area contributed by atoms with Gasteiger partial charge in [0.15, 0.2) is 0 Å². The summed E-state index contributed by atoms with van der Waals surface area (Å²) in [5, 5.41) is 0. The average Bonchev–Trinajstić information content (AvgIpc) is 3.09. The minimum Gasteiger partial charge on any atom is -0.358 e. The molecule has 0 nitrogen and oxygen atoms in total. The van der Waals surface area contributed by atoms with Crippen molar-refractivity contribution in [1.82, 2.24) is 0 Å². The third kappa shape index (κ3) is 6.43. The Hall–Kier alpha value is -0.170. The van der Waals surface area contributed by atoms with Crippen molar-refractivity contribution in [3.63, 3.8) is 0 Å². The Morgan fingerprint density at radius 1 is 0.378 bits per heavy atom. The van der Waals surface area contributed by atoms with E-state index < -0.39 is 0 Å². The molecule has 2 saturated carbocycles. The van der Waals surface area contributed by atoms with Crippen molar-refractivity contribution in [3.8, 4) is 0 Å². The Morgan fingerprint density at radius 2 is 0.676 bits per heavy atom. The average molecular weight is 675 g/mol. The van der Waals surface area contributed by atoms with Gasteiger partial charge < -0.3 is 29.7 Å². The predicted octanol–water partition coefficient (Wildman–Crippen LogP) is 11.3. The van der Waals surface area contributed by atoms with E-state index >= 15 is 0 Å². The molecule has 0 radical (unpaired) electrons. The molecule has 1 aromatic carbocycles. The smallest absolute Gasteiger partial charge is 0.358 e. The predicted molar refractivity (Wildman–Crippen MR) is 169 cm³/mol. The van der Waals surface area contributed by atoms with Crippen LogP contribution in [-0.4, -0.2) is 0 Å². The zero-order valence-electron chi connectivity index (χ0n) is 28.3. The SMILES string of the molecule is CC1=C(C)C2C(C)C(C)C(C)C2c2c(C)c(C)c(C)c(C)c21.CC1C(C)C(C)C(C)C1C.[CH3-].[CH3-].[CH3-].[CH3-].[Hf+4]. The quantitative estimate of drug-likeness (QED) is 0.190. The van der Waals surface area contributed by atoms with Crippen LogP contribution in [0, 0.1) is 111 Å². The van der Waals surface area contributed by atoms with Crippen molar-refractivity contribution in [3.05, 3.63) is 68.7 Å². The number of rotatable bonds is 0. The van der Waals surface area contributed by atoms with Crippen LogP contribution in [0.4, 0.5) is 0 Å². The third-order valence-corrected chi connectivity index (χ3v) is 11.9. The van der Waals surface area contributed by atoms with E-state index in [-0.39, 0.29) is 55.5 Å². The number of hydrogen-bond acceptors (Lipinski definition) is 0. The van der Waals surface area contributed by atoms with Gasteiger partial charge in [-0.05, 0) is 140 Å². The Morgan fingerprint density at radius 3 is 1.05 bits per heavy atom. The molecule has 0 amide bonds. The minimum absolute atomic E-state index is 0. The fourth-order valence-corrected chi connectivity index (χ4v) is 7.98. The van der Waals surface area contributed by atoms with Gasteiger partial charge in [0.05, 0.1) is 0 Å². The summed E-state index contributed by atoms with van der Waals surface area (Å²) in [6.45, 7) is 33.5. The fraction of sp³-hybridized carbons (Fsp3) is 0.667. The zero-order valence-corrected chi connectivity index (χ0v) is 31.9. The Kier molecular flexibility index (Phi) is 16.7. The summed E-state index contributed by atoms with van der Waals surface area (Å²) in [5.74, 6) is 8.53. The minimum atomic E-state index is 0. The van der Waals surface area contributed by atoms with E-state index in [1.54, 1.807) is 27.8 Å². The van der Waals surface area contributed by atoms with Crippen molar-refractivity contribution < 1.29 is 25.8 Å². The molecule has 4 rings (SSSR count). The molecule has 2 fully saturated rings. The van der Waals surface area contributed by atoms with Crippen LogP contribution in [0.3, 0.4) is 0 Å². The summed E-state index contributed by atoms with van der Waals surface area (Å²) in [7, 11) is 0. The van der Waals surface area contributed by atoms with Crippen molar-refractivity contribution >= 4 is 5.57 Å². The summed E-state index contributed by atoms with van der Waals surface area (Å²) in [6, 6.07) is 0. The first-order valence-corrected chi connectivity index (χ1v) is 13.5. The van der Waals surface area contributed by atoms with Gasteiger partial charge in [0.25, 0.3) is 0 Å². The van der Waals surface area contributed by atoms with Crippen molar-refractivity contribution in [1.29, 1.82) is 0 Å². The van der Waals surface area contributed by atoms with Crippen LogP contribution in [0.2, 0.25) is 0 Å². The van der Waals surface area contributed by atoms with E-state index in [0.717, 1.165) is 59.2 Å². The molecule has 0 saturated heterocycles. The third-order valence-electron chi connectivity index (χ3n) is 11.9. The molecule has 0 aromatic heterocycles. The van der Waals surface area contributed by atoms with Crippen LogP contribution >= 0.6 is 0 Å². The van der Waals surface area contributed by atoms with Crippen LogP contribution < -0.4 is 0 Å². The molecule has 3 aliphatic carbocycles. The fourth-order valence-electron chi connectivity index (χ4n) is 7.98. The maximum Gasteiger partial charge on any atom is 4.00 e. The number of fused-ring (bicyclic) bond motifs is 3. The van der Waals surface area contributed by atoms with Crippen LogP contribution in [0.1, 0.15) is 109 Å². The normalized spacial score (nSPS) is 35.2. The molecular weight excluding hydrogens is 611 g/mol. The zero-order chi connectivity index (χ0) is 24.4. The van der Waals surface area contributed by atoms with Gasteiger partial charge in [0, 0.05) is 0 Å². The molecule has 5 unspecified atom stereocenters. The first kappa shape index (κ1) is 41.3. The Labute approximate surface area is 255 Å². The van der Waals surface area contributed by atoms with Gasteiger partial charge in [-0.15, -0.1) is 0 Å².